The Morgan fingerprint density at radius 2 is 1.79 bits per heavy atom. The van der Waals surface area contributed by atoms with E-state index in [9.17, 15) is 9.90 Å². The predicted molar refractivity (Wildman–Crippen MR) is 119 cm³/mol. The van der Waals surface area contributed by atoms with Crippen molar-refractivity contribution in [1.82, 2.24) is 9.99 Å². The smallest absolute Gasteiger partial charge is 0.271 e. The minimum absolute atomic E-state index is 0.0450. The Balaban J connectivity index is 1.80. The van der Waals surface area contributed by atoms with Gasteiger partial charge < -0.3 is 9.67 Å². The summed E-state index contributed by atoms with van der Waals surface area (Å²) in [6.45, 7) is 6.12. The van der Waals surface area contributed by atoms with Gasteiger partial charge in [0.2, 0.25) is 0 Å². The fraction of sp³-hybridized carbons (Fsp3) is 0.143. The van der Waals surface area contributed by atoms with Crippen molar-refractivity contribution in [3.63, 3.8) is 0 Å². The number of nitrogens with zero attached hydrogens (tertiary/aromatic N) is 2. The molecule has 7 heteroatoms. The van der Waals surface area contributed by atoms with Crippen molar-refractivity contribution >= 4 is 44.0 Å². The van der Waals surface area contributed by atoms with Gasteiger partial charge in [0.05, 0.1) is 15.2 Å². The van der Waals surface area contributed by atoms with E-state index in [0.717, 1.165) is 22.6 Å². The minimum atomic E-state index is -0.370. The maximum absolute atomic E-state index is 12.3. The standard InChI is InChI=1S/C21H19Br2N3O2/c1-12-5-4-6-17(7-12)26-13(2)8-16(14(26)3)11-24-25-21(28)15-9-18(22)20(27)19(23)10-15/h4-11,27H,1-3H3,(H,25,28)/b24-11-. The number of phenolic OH excluding ortho intramolecular Hbond substituents is 1. The SMILES string of the molecule is Cc1cccc(-n2c(C)cc(/C=N\NC(=O)c3cc(Br)c(O)c(Br)c3)c2C)c1. The third kappa shape index (κ3) is 4.20. The van der Waals surface area contributed by atoms with E-state index in [4.69, 9.17) is 0 Å². The van der Waals surface area contributed by atoms with Crippen LogP contribution in [0.2, 0.25) is 0 Å². The normalized spacial score (nSPS) is 11.2. The molecule has 5 nitrogen and oxygen atoms in total. The number of halogens is 2. The summed E-state index contributed by atoms with van der Waals surface area (Å²) >= 11 is 6.43. The molecule has 0 spiro atoms. The number of aromatic hydroxyl groups is 1. The first-order chi connectivity index (χ1) is 13.3. The van der Waals surface area contributed by atoms with Crippen LogP contribution in [0, 0.1) is 20.8 Å². The Morgan fingerprint density at radius 3 is 2.43 bits per heavy atom. The highest BCUT2D eigenvalue weighted by Gasteiger charge is 2.12. The molecule has 1 aromatic heterocycles. The number of hydrogen-bond donors (Lipinski definition) is 2. The van der Waals surface area contributed by atoms with Gasteiger partial charge in [-0.1, -0.05) is 12.1 Å². The van der Waals surface area contributed by atoms with E-state index in [1.807, 2.05) is 26.0 Å². The van der Waals surface area contributed by atoms with Gasteiger partial charge in [-0.2, -0.15) is 5.10 Å². The molecule has 0 saturated heterocycles. The molecule has 0 aliphatic carbocycles. The number of aryl methyl sites for hydroxylation is 2. The quantitative estimate of drug-likeness (QED) is 0.369. The Kier molecular flexibility index (Phi) is 6.05. The van der Waals surface area contributed by atoms with Crippen molar-refractivity contribution in [1.29, 1.82) is 0 Å². The second kappa shape index (κ2) is 8.32. The molecular weight excluding hydrogens is 486 g/mol. The number of phenols is 1. The van der Waals surface area contributed by atoms with Gasteiger partial charge in [0, 0.05) is 28.2 Å². The predicted octanol–water partition coefficient (Wildman–Crippen LogP) is 5.40. The summed E-state index contributed by atoms with van der Waals surface area (Å²) in [6, 6.07) is 13.4. The molecule has 2 aromatic carbocycles. The van der Waals surface area contributed by atoms with E-state index in [1.54, 1.807) is 6.21 Å². The summed E-state index contributed by atoms with van der Waals surface area (Å²) in [4.78, 5) is 12.3. The average molecular weight is 505 g/mol. The van der Waals surface area contributed by atoms with Crippen LogP contribution in [-0.2, 0) is 0 Å². The van der Waals surface area contributed by atoms with Crippen LogP contribution in [0.25, 0.3) is 5.69 Å². The van der Waals surface area contributed by atoms with Crippen molar-refractivity contribution in [3.05, 3.63) is 79.5 Å². The molecule has 1 amide bonds. The lowest BCUT2D eigenvalue weighted by Gasteiger charge is -2.10. The van der Waals surface area contributed by atoms with E-state index < -0.39 is 0 Å². The second-order valence-electron chi connectivity index (χ2n) is 6.49. The zero-order valence-corrected chi connectivity index (χ0v) is 18.8. The first-order valence-corrected chi connectivity index (χ1v) is 10.1. The minimum Gasteiger partial charge on any atom is -0.506 e. The molecule has 0 fully saturated rings. The summed E-state index contributed by atoms with van der Waals surface area (Å²) in [5, 5.41) is 13.8. The Bertz CT molecular complexity index is 1060. The van der Waals surface area contributed by atoms with Gasteiger partial charge >= 0.3 is 0 Å². The van der Waals surface area contributed by atoms with E-state index in [-0.39, 0.29) is 11.7 Å². The molecule has 0 aliphatic heterocycles. The van der Waals surface area contributed by atoms with Crippen molar-refractivity contribution < 1.29 is 9.90 Å². The zero-order valence-electron chi connectivity index (χ0n) is 15.6. The summed E-state index contributed by atoms with van der Waals surface area (Å²) in [5.74, 6) is -0.325. The van der Waals surface area contributed by atoms with Crippen LogP contribution in [0.1, 0.15) is 32.9 Å². The molecule has 0 saturated carbocycles. The fourth-order valence-corrected chi connectivity index (χ4v) is 4.19. The van der Waals surface area contributed by atoms with Crippen LogP contribution in [0.4, 0.5) is 0 Å². The van der Waals surface area contributed by atoms with E-state index >= 15 is 0 Å². The monoisotopic (exact) mass is 503 g/mol. The van der Waals surface area contributed by atoms with Crippen LogP contribution in [0.5, 0.6) is 5.75 Å². The number of carbonyl (C=O) groups excluding carboxylic acids is 1. The topological polar surface area (TPSA) is 66.6 Å². The fourth-order valence-electron chi connectivity index (χ4n) is 3.00. The molecule has 0 bridgehead atoms. The Hall–Kier alpha value is -2.38. The van der Waals surface area contributed by atoms with Gasteiger partial charge in [0.1, 0.15) is 5.75 Å². The van der Waals surface area contributed by atoms with E-state index in [1.165, 1.54) is 17.7 Å². The number of aromatic nitrogens is 1. The van der Waals surface area contributed by atoms with Crippen LogP contribution in [-0.4, -0.2) is 21.8 Å². The third-order valence-corrected chi connectivity index (χ3v) is 5.59. The van der Waals surface area contributed by atoms with Gasteiger partial charge in [-0.3, -0.25) is 4.79 Å². The number of rotatable bonds is 4. The Morgan fingerprint density at radius 1 is 1.11 bits per heavy atom. The van der Waals surface area contributed by atoms with E-state index in [0.29, 0.717) is 14.5 Å². The van der Waals surface area contributed by atoms with Gasteiger partial charge in [-0.15, -0.1) is 0 Å². The summed E-state index contributed by atoms with van der Waals surface area (Å²) in [7, 11) is 0. The highest BCUT2D eigenvalue weighted by molar-refractivity contribution is 9.11. The van der Waals surface area contributed by atoms with Gasteiger partial charge in [-0.05, 0) is 88.5 Å². The highest BCUT2D eigenvalue weighted by Crippen LogP contribution is 2.33. The van der Waals surface area contributed by atoms with Gasteiger partial charge in [-0.25, -0.2) is 5.43 Å². The molecule has 3 aromatic rings. The lowest BCUT2D eigenvalue weighted by Crippen LogP contribution is -2.17. The molecular formula is C21H19Br2N3O2. The molecule has 0 aliphatic rings. The largest absolute Gasteiger partial charge is 0.506 e. The summed E-state index contributed by atoms with van der Waals surface area (Å²) in [5.41, 5.74) is 8.23. The number of amides is 1. The van der Waals surface area contributed by atoms with Gasteiger partial charge in [0.25, 0.3) is 5.91 Å². The van der Waals surface area contributed by atoms with Crippen molar-refractivity contribution in [3.8, 4) is 11.4 Å². The molecule has 28 heavy (non-hydrogen) atoms. The molecule has 1 heterocycles. The third-order valence-electron chi connectivity index (χ3n) is 4.38. The maximum atomic E-state index is 12.3. The molecule has 144 valence electrons. The second-order valence-corrected chi connectivity index (χ2v) is 8.20. The number of hydrogen-bond acceptors (Lipinski definition) is 3. The number of nitrogens with one attached hydrogen (secondary N) is 1. The lowest BCUT2D eigenvalue weighted by atomic mass is 10.2. The van der Waals surface area contributed by atoms with Crippen molar-refractivity contribution in [2.45, 2.75) is 20.8 Å². The number of hydrazone groups is 1. The van der Waals surface area contributed by atoms with Gasteiger partial charge in [0.15, 0.2) is 0 Å². The average Bonchev–Trinajstić information content (AvgIpc) is 2.92. The molecule has 0 radical (unpaired) electrons. The van der Waals surface area contributed by atoms with Crippen LogP contribution < -0.4 is 5.43 Å². The molecule has 0 unspecified atom stereocenters. The molecule has 0 atom stereocenters. The summed E-state index contributed by atoms with van der Waals surface area (Å²) in [6.07, 6.45) is 1.64. The number of benzene rings is 2. The Labute approximate surface area is 180 Å². The van der Waals surface area contributed by atoms with E-state index in [2.05, 4.69) is 72.1 Å². The lowest BCUT2D eigenvalue weighted by molar-refractivity contribution is 0.0955. The first kappa shape index (κ1) is 20.4. The number of carbonyl (C=O) groups is 1. The first-order valence-electron chi connectivity index (χ1n) is 8.55. The van der Waals surface area contributed by atoms with Crippen molar-refractivity contribution in [2.24, 2.45) is 5.10 Å². The maximum Gasteiger partial charge on any atom is 0.271 e. The zero-order chi connectivity index (χ0) is 20.4. The molecule has 2 N–H and O–H groups in total. The van der Waals surface area contributed by atoms with Crippen molar-refractivity contribution in [2.75, 3.05) is 0 Å². The van der Waals surface area contributed by atoms with Crippen LogP contribution >= 0.6 is 31.9 Å². The highest BCUT2D eigenvalue weighted by atomic mass is 79.9. The summed E-state index contributed by atoms with van der Waals surface area (Å²) < 4.78 is 3.01. The molecule has 3 rings (SSSR count). The van der Waals surface area contributed by atoms with Crippen LogP contribution in [0.3, 0.4) is 0 Å². The van der Waals surface area contributed by atoms with Crippen LogP contribution in [0.15, 0.2) is 56.5 Å².